The van der Waals surface area contributed by atoms with E-state index < -0.39 is 0 Å². The lowest BCUT2D eigenvalue weighted by Crippen LogP contribution is -2.36. The van der Waals surface area contributed by atoms with Gasteiger partial charge in [-0.2, -0.15) is 0 Å². The fourth-order valence-corrected chi connectivity index (χ4v) is 1.46. The molecule has 0 aromatic rings. The van der Waals surface area contributed by atoms with E-state index in [1.807, 2.05) is 0 Å². The quantitative estimate of drug-likeness (QED) is 0.522. The molecule has 3 N–H and O–H groups in total. The van der Waals surface area contributed by atoms with E-state index in [4.69, 9.17) is 15.2 Å². The van der Waals surface area contributed by atoms with Crippen molar-refractivity contribution in [1.29, 1.82) is 0 Å². The Morgan fingerprint density at radius 3 is 2.56 bits per heavy atom. The standard InChI is InChI=1S/C12H28N2O2/c1-11(2)9-16-8-7-14-12(10-15-3)5-4-6-13/h11-12,14H,4-10,13H2,1-3H3. The van der Waals surface area contributed by atoms with Crippen LogP contribution < -0.4 is 11.1 Å². The van der Waals surface area contributed by atoms with Crippen LogP contribution in [-0.2, 0) is 9.47 Å². The summed E-state index contributed by atoms with van der Waals surface area (Å²) in [7, 11) is 1.73. The maximum atomic E-state index is 5.50. The van der Waals surface area contributed by atoms with Crippen LogP contribution in [0.2, 0.25) is 0 Å². The van der Waals surface area contributed by atoms with Crippen molar-refractivity contribution in [3.8, 4) is 0 Å². The Hall–Kier alpha value is -0.160. The molecule has 4 heteroatoms. The number of methoxy groups -OCH3 is 1. The summed E-state index contributed by atoms with van der Waals surface area (Å²) in [5.74, 6) is 0.604. The Morgan fingerprint density at radius 1 is 1.25 bits per heavy atom. The van der Waals surface area contributed by atoms with Gasteiger partial charge in [0.25, 0.3) is 0 Å². The lowest BCUT2D eigenvalue weighted by molar-refractivity contribution is 0.103. The number of nitrogens with two attached hydrogens (primary N) is 1. The highest BCUT2D eigenvalue weighted by atomic mass is 16.5. The summed E-state index contributed by atoms with van der Waals surface area (Å²) in [6.45, 7) is 8.27. The Balaban J connectivity index is 3.43. The van der Waals surface area contributed by atoms with Gasteiger partial charge in [0.15, 0.2) is 0 Å². The van der Waals surface area contributed by atoms with Gasteiger partial charge in [0, 0.05) is 26.3 Å². The van der Waals surface area contributed by atoms with Gasteiger partial charge in [-0.3, -0.25) is 0 Å². The average molecular weight is 232 g/mol. The first-order valence-electron chi connectivity index (χ1n) is 6.20. The van der Waals surface area contributed by atoms with E-state index in [0.29, 0.717) is 12.0 Å². The highest BCUT2D eigenvalue weighted by molar-refractivity contribution is 4.66. The van der Waals surface area contributed by atoms with Gasteiger partial charge in [-0.1, -0.05) is 13.8 Å². The topological polar surface area (TPSA) is 56.5 Å². The van der Waals surface area contributed by atoms with Crippen molar-refractivity contribution in [3.63, 3.8) is 0 Å². The minimum Gasteiger partial charge on any atom is -0.383 e. The van der Waals surface area contributed by atoms with Gasteiger partial charge >= 0.3 is 0 Å². The Morgan fingerprint density at radius 2 is 2.00 bits per heavy atom. The molecule has 0 amide bonds. The molecule has 98 valence electrons. The van der Waals surface area contributed by atoms with Crippen molar-refractivity contribution < 1.29 is 9.47 Å². The van der Waals surface area contributed by atoms with Crippen LogP contribution in [0.5, 0.6) is 0 Å². The molecule has 0 radical (unpaired) electrons. The highest BCUT2D eigenvalue weighted by Gasteiger charge is 2.06. The largest absolute Gasteiger partial charge is 0.383 e. The predicted molar refractivity (Wildman–Crippen MR) is 67.6 cm³/mol. The summed E-state index contributed by atoms with van der Waals surface area (Å²) >= 11 is 0. The number of hydrogen-bond acceptors (Lipinski definition) is 4. The first-order chi connectivity index (χ1) is 7.70. The molecule has 0 bridgehead atoms. The first-order valence-corrected chi connectivity index (χ1v) is 6.20. The molecule has 0 spiro atoms. The van der Waals surface area contributed by atoms with Crippen molar-refractivity contribution in [3.05, 3.63) is 0 Å². The Kier molecular flexibility index (Phi) is 11.2. The van der Waals surface area contributed by atoms with Crippen molar-refractivity contribution >= 4 is 0 Å². The van der Waals surface area contributed by atoms with Crippen molar-refractivity contribution in [1.82, 2.24) is 5.32 Å². The van der Waals surface area contributed by atoms with E-state index in [-0.39, 0.29) is 0 Å². The van der Waals surface area contributed by atoms with E-state index in [1.165, 1.54) is 0 Å². The summed E-state index contributed by atoms with van der Waals surface area (Å²) in [5.41, 5.74) is 5.49. The third kappa shape index (κ3) is 10.4. The Labute approximate surface area is 99.9 Å². The van der Waals surface area contributed by atoms with Gasteiger partial charge in [-0.15, -0.1) is 0 Å². The third-order valence-corrected chi connectivity index (χ3v) is 2.26. The number of nitrogens with one attached hydrogen (secondary N) is 1. The molecule has 4 nitrogen and oxygen atoms in total. The van der Waals surface area contributed by atoms with Gasteiger partial charge in [-0.05, 0) is 25.3 Å². The first kappa shape index (κ1) is 15.8. The molecule has 0 rings (SSSR count). The molecule has 0 saturated heterocycles. The van der Waals surface area contributed by atoms with Crippen molar-refractivity contribution in [2.24, 2.45) is 11.7 Å². The molecule has 16 heavy (non-hydrogen) atoms. The summed E-state index contributed by atoms with van der Waals surface area (Å²) in [4.78, 5) is 0. The SMILES string of the molecule is COCC(CCCN)NCCOCC(C)C. The lowest BCUT2D eigenvalue weighted by atomic mass is 10.1. The van der Waals surface area contributed by atoms with E-state index in [9.17, 15) is 0 Å². The molecule has 1 unspecified atom stereocenters. The summed E-state index contributed by atoms with van der Waals surface area (Å²) < 4.78 is 10.7. The number of rotatable bonds is 11. The molecule has 0 fully saturated rings. The van der Waals surface area contributed by atoms with Crippen molar-refractivity contribution in [2.75, 3.05) is 40.0 Å². The monoisotopic (exact) mass is 232 g/mol. The summed E-state index contributed by atoms with van der Waals surface area (Å²) in [6.07, 6.45) is 2.10. The molecule has 0 heterocycles. The molecule has 0 saturated carbocycles. The van der Waals surface area contributed by atoms with E-state index in [0.717, 1.165) is 45.8 Å². The fourth-order valence-electron chi connectivity index (χ4n) is 1.46. The van der Waals surface area contributed by atoms with Gasteiger partial charge < -0.3 is 20.5 Å². The molecule has 0 aliphatic rings. The highest BCUT2D eigenvalue weighted by Crippen LogP contribution is 1.97. The third-order valence-electron chi connectivity index (χ3n) is 2.26. The van der Waals surface area contributed by atoms with Gasteiger partial charge in [-0.25, -0.2) is 0 Å². The van der Waals surface area contributed by atoms with Crippen LogP contribution in [0.25, 0.3) is 0 Å². The zero-order valence-electron chi connectivity index (χ0n) is 11.0. The fraction of sp³-hybridized carbons (Fsp3) is 1.00. The van der Waals surface area contributed by atoms with Crippen molar-refractivity contribution in [2.45, 2.75) is 32.7 Å². The molecule has 0 aliphatic heterocycles. The van der Waals surface area contributed by atoms with Crippen LogP contribution in [0.4, 0.5) is 0 Å². The second-order valence-corrected chi connectivity index (χ2v) is 4.51. The maximum absolute atomic E-state index is 5.50. The molecular formula is C12H28N2O2. The maximum Gasteiger partial charge on any atom is 0.0615 e. The predicted octanol–water partition coefficient (Wildman–Crippen LogP) is 1.00. The van der Waals surface area contributed by atoms with Crippen LogP contribution in [-0.4, -0.2) is 46.1 Å². The number of hydrogen-bond donors (Lipinski definition) is 2. The average Bonchev–Trinajstić information content (AvgIpc) is 2.24. The molecule has 0 aromatic heterocycles. The minimum atomic E-state index is 0.399. The second kappa shape index (κ2) is 11.3. The van der Waals surface area contributed by atoms with E-state index >= 15 is 0 Å². The summed E-state index contributed by atoms with van der Waals surface area (Å²) in [6, 6.07) is 0.399. The minimum absolute atomic E-state index is 0.399. The van der Waals surface area contributed by atoms with Gasteiger partial charge in [0.05, 0.1) is 13.2 Å². The molecule has 1 atom stereocenters. The van der Waals surface area contributed by atoms with E-state index in [1.54, 1.807) is 7.11 Å². The molecule has 0 aromatic carbocycles. The van der Waals surface area contributed by atoms with Crippen LogP contribution in [0.1, 0.15) is 26.7 Å². The van der Waals surface area contributed by atoms with Crippen LogP contribution in [0, 0.1) is 5.92 Å². The second-order valence-electron chi connectivity index (χ2n) is 4.51. The lowest BCUT2D eigenvalue weighted by Gasteiger charge is -2.17. The van der Waals surface area contributed by atoms with E-state index in [2.05, 4.69) is 19.2 Å². The normalized spacial score (nSPS) is 13.3. The van der Waals surface area contributed by atoms with Crippen LogP contribution in [0.3, 0.4) is 0 Å². The van der Waals surface area contributed by atoms with Crippen LogP contribution in [0.15, 0.2) is 0 Å². The molecule has 0 aliphatic carbocycles. The zero-order chi connectivity index (χ0) is 12.2. The zero-order valence-corrected chi connectivity index (χ0v) is 11.0. The number of ether oxygens (including phenoxy) is 2. The van der Waals surface area contributed by atoms with Crippen LogP contribution >= 0.6 is 0 Å². The smallest absolute Gasteiger partial charge is 0.0615 e. The van der Waals surface area contributed by atoms with Gasteiger partial charge in [0.2, 0.25) is 0 Å². The Bertz CT molecular complexity index is 143. The molecular weight excluding hydrogens is 204 g/mol. The van der Waals surface area contributed by atoms with Gasteiger partial charge in [0.1, 0.15) is 0 Å². The summed E-state index contributed by atoms with van der Waals surface area (Å²) in [5, 5.41) is 3.42.